The van der Waals surface area contributed by atoms with Gasteiger partial charge in [0.1, 0.15) is 18.0 Å². The molecule has 0 spiro atoms. The van der Waals surface area contributed by atoms with E-state index in [-0.39, 0.29) is 0 Å². The third-order valence-electron chi connectivity index (χ3n) is 2.52. The van der Waals surface area contributed by atoms with E-state index in [9.17, 15) is 0 Å². The van der Waals surface area contributed by atoms with E-state index in [1.54, 1.807) is 24.3 Å². The number of hydrogen-bond donors (Lipinski definition) is 3. The molecule has 0 unspecified atom stereocenters. The highest BCUT2D eigenvalue weighted by Crippen LogP contribution is 2.19. The maximum absolute atomic E-state index is 8.99. The first kappa shape index (κ1) is 13.3. The van der Waals surface area contributed by atoms with Crippen LogP contribution in [0.2, 0.25) is 0 Å². The molecule has 4 N–H and O–H groups in total. The summed E-state index contributed by atoms with van der Waals surface area (Å²) in [6.45, 7) is 1.81. The number of nitrogens with one attached hydrogen (secondary N) is 2. The van der Waals surface area contributed by atoms with E-state index in [2.05, 4.69) is 20.7 Å². The highest BCUT2D eigenvalue weighted by Gasteiger charge is 2.05. The van der Waals surface area contributed by atoms with Crippen LogP contribution in [-0.2, 0) is 0 Å². The van der Waals surface area contributed by atoms with Crippen LogP contribution >= 0.6 is 0 Å². The highest BCUT2D eigenvalue weighted by molar-refractivity contribution is 5.62. The molecule has 0 fully saturated rings. The molecule has 1 aromatic carbocycles. The summed E-state index contributed by atoms with van der Waals surface area (Å²) < 4.78 is 0. The minimum absolute atomic E-state index is 0.293. The smallest absolute Gasteiger partial charge is 0.239 e. The van der Waals surface area contributed by atoms with E-state index in [4.69, 9.17) is 16.4 Å². The number of nitrogen functional groups attached to an aromatic ring is 1. The number of rotatable bonds is 3. The molecule has 7 heteroatoms. The van der Waals surface area contributed by atoms with Crippen LogP contribution in [0, 0.1) is 29.6 Å². The molecule has 0 aliphatic rings. The van der Waals surface area contributed by atoms with Crippen LogP contribution in [0.25, 0.3) is 0 Å². The zero-order valence-corrected chi connectivity index (χ0v) is 10.7. The van der Waals surface area contributed by atoms with E-state index in [0.29, 0.717) is 28.6 Å². The molecule has 0 aliphatic heterocycles. The lowest BCUT2D eigenvalue weighted by atomic mass is 10.1. The summed E-state index contributed by atoms with van der Waals surface area (Å²) in [5, 5.41) is 20.9. The molecule has 0 saturated heterocycles. The van der Waals surface area contributed by atoms with Gasteiger partial charge in [0.05, 0.1) is 11.1 Å². The monoisotopic (exact) mass is 265 g/mol. The minimum atomic E-state index is 0.293. The fourth-order valence-corrected chi connectivity index (χ4v) is 1.66. The van der Waals surface area contributed by atoms with Crippen LogP contribution in [0.1, 0.15) is 16.8 Å². The molecule has 0 bridgehead atoms. The van der Waals surface area contributed by atoms with Crippen LogP contribution in [0.15, 0.2) is 24.3 Å². The van der Waals surface area contributed by atoms with Crippen LogP contribution < -0.4 is 16.6 Å². The summed E-state index contributed by atoms with van der Waals surface area (Å²) in [5.74, 6) is 6.12. The zero-order chi connectivity index (χ0) is 14.5. The summed E-state index contributed by atoms with van der Waals surface area (Å²) >= 11 is 0. The zero-order valence-electron chi connectivity index (χ0n) is 10.7. The molecule has 20 heavy (non-hydrogen) atoms. The van der Waals surface area contributed by atoms with Gasteiger partial charge in [-0.15, -0.1) is 0 Å². The van der Waals surface area contributed by atoms with Crippen LogP contribution in [0.3, 0.4) is 0 Å². The Hall–Kier alpha value is -3.16. The number of nitriles is 2. The van der Waals surface area contributed by atoms with Gasteiger partial charge >= 0.3 is 0 Å². The number of hydrazine groups is 1. The van der Waals surface area contributed by atoms with Crippen molar-refractivity contribution >= 4 is 17.5 Å². The summed E-state index contributed by atoms with van der Waals surface area (Å²) in [5.41, 5.74) is 4.41. The van der Waals surface area contributed by atoms with Crippen LogP contribution in [0.5, 0.6) is 0 Å². The molecule has 0 aliphatic carbocycles. The summed E-state index contributed by atoms with van der Waals surface area (Å²) in [6.07, 6.45) is 0. The van der Waals surface area contributed by atoms with Crippen molar-refractivity contribution in [2.45, 2.75) is 6.92 Å². The fraction of sp³-hybridized carbons (Fsp3) is 0.0769. The van der Waals surface area contributed by atoms with Gasteiger partial charge < -0.3 is 5.32 Å². The standard InChI is InChI=1S/C13H11N7/c1-8-4-12(19-13(17-8)20-16)18-11-3-2-9(6-14)10(5-11)7-15/h2-5H,16H2,1H3,(H2,17,18,19,20). The van der Waals surface area contributed by atoms with E-state index >= 15 is 0 Å². The third kappa shape index (κ3) is 2.80. The molecule has 2 aromatic rings. The van der Waals surface area contributed by atoms with Crippen molar-refractivity contribution in [2.75, 3.05) is 10.7 Å². The molecule has 0 amide bonds. The summed E-state index contributed by atoms with van der Waals surface area (Å²) in [6, 6.07) is 10.6. The molecule has 0 atom stereocenters. The van der Waals surface area contributed by atoms with Gasteiger partial charge in [-0.2, -0.15) is 15.5 Å². The second-order valence-corrected chi connectivity index (χ2v) is 3.97. The maximum atomic E-state index is 8.99. The predicted molar refractivity (Wildman–Crippen MR) is 73.7 cm³/mol. The van der Waals surface area contributed by atoms with Crippen molar-refractivity contribution in [1.29, 1.82) is 10.5 Å². The normalized spacial score (nSPS) is 9.40. The Balaban J connectivity index is 2.33. The van der Waals surface area contributed by atoms with Gasteiger partial charge in [0.15, 0.2) is 0 Å². The first-order valence-electron chi connectivity index (χ1n) is 5.70. The molecule has 1 heterocycles. The number of nitrogens with zero attached hydrogens (tertiary/aromatic N) is 4. The Kier molecular flexibility index (Phi) is 3.75. The van der Waals surface area contributed by atoms with Crippen molar-refractivity contribution in [3.05, 3.63) is 41.1 Å². The van der Waals surface area contributed by atoms with Gasteiger partial charge in [0.2, 0.25) is 5.95 Å². The van der Waals surface area contributed by atoms with Crippen LogP contribution in [-0.4, -0.2) is 9.97 Å². The van der Waals surface area contributed by atoms with E-state index in [1.807, 2.05) is 19.1 Å². The van der Waals surface area contributed by atoms with Gasteiger partial charge in [-0.1, -0.05) is 0 Å². The second-order valence-electron chi connectivity index (χ2n) is 3.97. The molecule has 0 radical (unpaired) electrons. The molecule has 0 saturated carbocycles. The quantitative estimate of drug-likeness (QED) is 0.568. The van der Waals surface area contributed by atoms with Gasteiger partial charge in [-0.05, 0) is 25.1 Å². The predicted octanol–water partition coefficient (Wildman–Crippen LogP) is 1.56. The number of anilines is 3. The first-order chi connectivity index (χ1) is 9.66. The lowest BCUT2D eigenvalue weighted by Crippen LogP contribution is -2.11. The lowest BCUT2D eigenvalue weighted by Gasteiger charge is -2.08. The van der Waals surface area contributed by atoms with Crippen molar-refractivity contribution in [1.82, 2.24) is 9.97 Å². The first-order valence-corrected chi connectivity index (χ1v) is 5.70. The summed E-state index contributed by atoms with van der Waals surface area (Å²) in [4.78, 5) is 8.21. The number of hydrogen-bond acceptors (Lipinski definition) is 7. The molecular weight excluding hydrogens is 254 g/mol. The largest absolute Gasteiger partial charge is 0.340 e. The highest BCUT2D eigenvalue weighted by atomic mass is 15.3. The number of benzene rings is 1. The van der Waals surface area contributed by atoms with E-state index < -0.39 is 0 Å². The molecule has 98 valence electrons. The Morgan fingerprint density at radius 3 is 2.50 bits per heavy atom. The average Bonchev–Trinajstić information content (AvgIpc) is 2.46. The molecular formula is C13H11N7. The van der Waals surface area contributed by atoms with Gasteiger partial charge in [-0.25, -0.2) is 10.8 Å². The third-order valence-corrected chi connectivity index (χ3v) is 2.52. The van der Waals surface area contributed by atoms with Gasteiger partial charge in [0.25, 0.3) is 0 Å². The number of aryl methyl sites for hydroxylation is 1. The summed E-state index contributed by atoms with van der Waals surface area (Å²) in [7, 11) is 0. The minimum Gasteiger partial charge on any atom is -0.340 e. The Morgan fingerprint density at radius 2 is 1.85 bits per heavy atom. The Morgan fingerprint density at radius 1 is 1.10 bits per heavy atom. The fourth-order valence-electron chi connectivity index (χ4n) is 1.66. The van der Waals surface area contributed by atoms with Gasteiger partial charge in [0, 0.05) is 17.4 Å². The van der Waals surface area contributed by atoms with Crippen molar-refractivity contribution in [3.8, 4) is 12.1 Å². The average molecular weight is 265 g/mol. The van der Waals surface area contributed by atoms with Crippen LogP contribution in [0.4, 0.5) is 17.5 Å². The maximum Gasteiger partial charge on any atom is 0.239 e. The molecule has 1 aromatic heterocycles. The van der Waals surface area contributed by atoms with Gasteiger partial charge in [-0.3, -0.25) is 5.43 Å². The molecule has 7 nitrogen and oxygen atoms in total. The Bertz CT molecular complexity index is 724. The van der Waals surface area contributed by atoms with Crippen molar-refractivity contribution in [3.63, 3.8) is 0 Å². The van der Waals surface area contributed by atoms with Crippen molar-refractivity contribution in [2.24, 2.45) is 5.84 Å². The topological polar surface area (TPSA) is 123 Å². The SMILES string of the molecule is Cc1cc(Nc2ccc(C#N)c(C#N)c2)nc(NN)n1. The lowest BCUT2D eigenvalue weighted by molar-refractivity contribution is 1.07. The number of aromatic nitrogens is 2. The second kappa shape index (κ2) is 5.65. The number of nitrogens with two attached hydrogens (primary N) is 1. The molecule has 2 rings (SSSR count). The van der Waals surface area contributed by atoms with E-state index in [0.717, 1.165) is 5.69 Å². The van der Waals surface area contributed by atoms with E-state index in [1.165, 1.54) is 0 Å². The van der Waals surface area contributed by atoms with Crippen molar-refractivity contribution < 1.29 is 0 Å². The Labute approximate surface area is 115 Å².